The van der Waals surface area contributed by atoms with Crippen molar-refractivity contribution < 1.29 is 9.66 Å². The lowest BCUT2D eigenvalue weighted by atomic mass is 10.2. The van der Waals surface area contributed by atoms with Crippen LogP contribution in [0.2, 0.25) is 0 Å². The molecule has 0 aromatic heterocycles. The first-order valence-electron chi connectivity index (χ1n) is 5.64. The van der Waals surface area contributed by atoms with Crippen molar-refractivity contribution in [3.8, 4) is 17.6 Å². The Balaban J connectivity index is 2.38. The summed E-state index contributed by atoms with van der Waals surface area (Å²) in [6.45, 7) is 1.77. The van der Waals surface area contributed by atoms with E-state index in [0.717, 1.165) is 5.56 Å². The summed E-state index contributed by atoms with van der Waals surface area (Å²) in [7, 11) is 0. The third-order valence-electron chi connectivity index (χ3n) is 2.60. The molecule has 0 heterocycles. The maximum absolute atomic E-state index is 11.0. The van der Waals surface area contributed by atoms with Crippen molar-refractivity contribution in [3.05, 3.63) is 62.1 Å². The van der Waals surface area contributed by atoms with Crippen LogP contribution in [0.1, 0.15) is 11.1 Å². The van der Waals surface area contributed by atoms with Gasteiger partial charge in [-0.05, 0) is 52.7 Å². The van der Waals surface area contributed by atoms with Gasteiger partial charge in [0.25, 0.3) is 0 Å². The van der Waals surface area contributed by atoms with Crippen molar-refractivity contribution >= 4 is 21.6 Å². The van der Waals surface area contributed by atoms with Gasteiger partial charge in [-0.1, -0.05) is 6.07 Å². The van der Waals surface area contributed by atoms with Crippen LogP contribution >= 0.6 is 15.9 Å². The predicted octanol–water partition coefficient (Wildman–Crippen LogP) is 4.33. The number of nitrogens with zero attached hydrogens (tertiary/aromatic N) is 2. The summed E-state index contributed by atoms with van der Waals surface area (Å²) in [6, 6.07) is 11.5. The standard InChI is InChI=1S/C14H9BrN2O3/c1-9-2-5-14(13(6-9)17(18)19)20-11-4-3-10(8-16)12(15)7-11/h2-7H,1H3. The van der Waals surface area contributed by atoms with Crippen LogP contribution in [0.4, 0.5) is 5.69 Å². The fraction of sp³-hybridized carbons (Fsp3) is 0.0714. The van der Waals surface area contributed by atoms with Crippen molar-refractivity contribution in [2.24, 2.45) is 0 Å². The first-order chi connectivity index (χ1) is 9.51. The van der Waals surface area contributed by atoms with E-state index in [-0.39, 0.29) is 11.4 Å². The lowest BCUT2D eigenvalue weighted by Gasteiger charge is -2.07. The van der Waals surface area contributed by atoms with Gasteiger partial charge in [0, 0.05) is 10.5 Å². The van der Waals surface area contributed by atoms with Gasteiger partial charge in [-0.15, -0.1) is 0 Å². The molecule has 0 saturated heterocycles. The number of ether oxygens (including phenoxy) is 1. The van der Waals surface area contributed by atoms with Gasteiger partial charge in [-0.2, -0.15) is 5.26 Å². The molecule has 0 aliphatic carbocycles. The molecule has 0 aliphatic rings. The largest absolute Gasteiger partial charge is 0.450 e. The number of rotatable bonds is 3. The minimum absolute atomic E-state index is 0.0921. The van der Waals surface area contributed by atoms with Crippen LogP contribution in [0.3, 0.4) is 0 Å². The molecule has 0 fully saturated rings. The molecular weight excluding hydrogens is 324 g/mol. The maximum Gasteiger partial charge on any atom is 0.311 e. The molecule has 0 atom stereocenters. The Kier molecular flexibility index (Phi) is 4.01. The van der Waals surface area contributed by atoms with E-state index in [1.54, 1.807) is 37.3 Å². The molecule has 5 nitrogen and oxygen atoms in total. The second-order valence-electron chi connectivity index (χ2n) is 4.08. The number of hydrogen-bond acceptors (Lipinski definition) is 4. The minimum Gasteiger partial charge on any atom is -0.450 e. The van der Waals surface area contributed by atoms with Gasteiger partial charge in [0.05, 0.1) is 10.5 Å². The molecule has 20 heavy (non-hydrogen) atoms. The van der Waals surface area contributed by atoms with Crippen LogP contribution < -0.4 is 4.74 Å². The van der Waals surface area contributed by atoms with E-state index >= 15 is 0 Å². The Morgan fingerprint density at radius 3 is 2.65 bits per heavy atom. The Bertz CT molecular complexity index is 723. The molecule has 6 heteroatoms. The number of halogens is 1. The minimum atomic E-state index is -0.485. The van der Waals surface area contributed by atoms with Gasteiger partial charge in [-0.25, -0.2) is 0 Å². The Hall–Kier alpha value is -2.39. The molecular formula is C14H9BrN2O3. The lowest BCUT2D eigenvalue weighted by Crippen LogP contribution is -1.94. The van der Waals surface area contributed by atoms with Gasteiger partial charge in [0.2, 0.25) is 5.75 Å². The Morgan fingerprint density at radius 2 is 2.05 bits per heavy atom. The fourth-order valence-corrected chi connectivity index (χ4v) is 2.08. The zero-order chi connectivity index (χ0) is 14.7. The molecule has 0 bridgehead atoms. The summed E-state index contributed by atoms with van der Waals surface area (Å²) < 4.78 is 6.10. The number of benzene rings is 2. The van der Waals surface area contributed by atoms with E-state index < -0.39 is 4.92 Å². The van der Waals surface area contributed by atoms with Gasteiger partial charge < -0.3 is 4.74 Å². The summed E-state index contributed by atoms with van der Waals surface area (Å²) in [5.41, 5.74) is 1.16. The Labute approximate surface area is 123 Å². The van der Waals surface area contributed by atoms with Gasteiger partial charge in [0.1, 0.15) is 11.8 Å². The van der Waals surface area contributed by atoms with Gasteiger partial charge >= 0.3 is 5.69 Å². The number of nitro benzene ring substituents is 1. The first-order valence-corrected chi connectivity index (χ1v) is 6.43. The summed E-state index contributed by atoms with van der Waals surface area (Å²) in [5, 5.41) is 19.8. The van der Waals surface area contributed by atoms with E-state index in [1.807, 2.05) is 6.07 Å². The van der Waals surface area contributed by atoms with Gasteiger partial charge in [0.15, 0.2) is 0 Å². The molecule has 2 aromatic carbocycles. The maximum atomic E-state index is 11.0. The number of nitro groups is 1. The normalized spacial score (nSPS) is 9.85. The van der Waals surface area contributed by atoms with Crippen LogP contribution in [-0.4, -0.2) is 4.92 Å². The van der Waals surface area contributed by atoms with E-state index in [0.29, 0.717) is 15.8 Å². The van der Waals surface area contributed by atoms with Gasteiger partial charge in [-0.3, -0.25) is 10.1 Å². The molecule has 2 rings (SSSR count). The monoisotopic (exact) mass is 332 g/mol. The summed E-state index contributed by atoms with van der Waals surface area (Å²) in [6.07, 6.45) is 0. The van der Waals surface area contributed by atoms with E-state index in [2.05, 4.69) is 15.9 Å². The van der Waals surface area contributed by atoms with Crippen molar-refractivity contribution in [2.45, 2.75) is 6.92 Å². The molecule has 0 spiro atoms. The fourth-order valence-electron chi connectivity index (χ4n) is 1.63. The van der Waals surface area contributed by atoms with Crippen LogP contribution in [0.5, 0.6) is 11.5 Å². The number of hydrogen-bond donors (Lipinski definition) is 0. The molecule has 0 aliphatic heterocycles. The topological polar surface area (TPSA) is 76.2 Å². The van der Waals surface area contributed by atoms with Crippen molar-refractivity contribution in [2.75, 3.05) is 0 Å². The summed E-state index contributed by atoms with van der Waals surface area (Å²) in [4.78, 5) is 10.5. The quantitative estimate of drug-likeness (QED) is 0.619. The summed E-state index contributed by atoms with van der Waals surface area (Å²) >= 11 is 3.24. The van der Waals surface area contributed by atoms with Crippen molar-refractivity contribution in [3.63, 3.8) is 0 Å². The van der Waals surface area contributed by atoms with Crippen molar-refractivity contribution in [1.82, 2.24) is 0 Å². The second kappa shape index (κ2) is 5.72. The highest BCUT2D eigenvalue weighted by Gasteiger charge is 2.16. The highest BCUT2D eigenvalue weighted by atomic mass is 79.9. The van der Waals surface area contributed by atoms with Crippen LogP contribution in [-0.2, 0) is 0 Å². The zero-order valence-corrected chi connectivity index (χ0v) is 12.0. The van der Waals surface area contributed by atoms with Crippen LogP contribution in [0, 0.1) is 28.4 Å². The zero-order valence-electron chi connectivity index (χ0n) is 10.5. The van der Waals surface area contributed by atoms with Crippen LogP contribution in [0.15, 0.2) is 40.9 Å². The number of nitriles is 1. The average molecular weight is 333 g/mol. The molecule has 0 saturated carbocycles. The first kappa shape index (κ1) is 14.0. The third kappa shape index (κ3) is 2.95. The Morgan fingerprint density at radius 1 is 1.30 bits per heavy atom. The number of aryl methyl sites for hydroxylation is 1. The summed E-state index contributed by atoms with van der Waals surface area (Å²) in [5.74, 6) is 0.583. The van der Waals surface area contributed by atoms with Crippen molar-refractivity contribution in [1.29, 1.82) is 5.26 Å². The van der Waals surface area contributed by atoms with E-state index in [1.165, 1.54) is 6.07 Å². The predicted molar refractivity (Wildman–Crippen MR) is 76.8 cm³/mol. The smallest absolute Gasteiger partial charge is 0.311 e. The average Bonchev–Trinajstić information content (AvgIpc) is 2.41. The highest BCUT2D eigenvalue weighted by Crippen LogP contribution is 2.33. The van der Waals surface area contributed by atoms with E-state index in [4.69, 9.17) is 10.00 Å². The van der Waals surface area contributed by atoms with Crippen LogP contribution in [0.25, 0.3) is 0 Å². The molecule has 100 valence electrons. The molecule has 0 unspecified atom stereocenters. The second-order valence-corrected chi connectivity index (χ2v) is 4.94. The molecule has 0 N–H and O–H groups in total. The SMILES string of the molecule is Cc1ccc(Oc2ccc(C#N)c(Br)c2)c([N+](=O)[O-])c1. The lowest BCUT2D eigenvalue weighted by molar-refractivity contribution is -0.385. The molecule has 0 radical (unpaired) electrons. The molecule has 2 aromatic rings. The van der Waals surface area contributed by atoms with E-state index in [9.17, 15) is 10.1 Å². The molecule has 0 amide bonds. The third-order valence-corrected chi connectivity index (χ3v) is 3.26. The highest BCUT2D eigenvalue weighted by molar-refractivity contribution is 9.10.